The van der Waals surface area contributed by atoms with Gasteiger partial charge in [-0.25, -0.2) is 33.9 Å². The van der Waals surface area contributed by atoms with E-state index in [1.54, 1.807) is 58.9 Å². The summed E-state index contributed by atoms with van der Waals surface area (Å²) in [6.07, 6.45) is 0. The van der Waals surface area contributed by atoms with E-state index < -0.39 is 11.9 Å². The van der Waals surface area contributed by atoms with Crippen molar-refractivity contribution in [3.8, 4) is 22.3 Å². The first-order chi connectivity index (χ1) is 25.0. The maximum absolute atomic E-state index is 14.5. The average Bonchev–Trinajstić information content (AvgIpc) is 3.66. The Labute approximate surface area is 313 Å². The van der Waals surface area contributed by atoms with Crippen LogP contribution in [-0.4, -0.2) is 49.5 Å². The van der Waals surface area contributed by atoms with Crippen molar-refractivity contribution in [3.63, 3.8) is 0 Å². The molecule has 14 heteroatoms. The molecule has 6 aromatic heterocycles. The zero-order valence-electron chi connectivity index (χ0n) is 28.4. The number of esters is 2. The number of nitrogens with zero attached hydrogens (tertiary/aromatic N) is 5. The number of thiophene rings is 2. The molecule has 0 radical (unpaired) electrons. The molecule has 8 rings (SSSR count). The van der Waals surface area contributed by atoms with E-state index in [2.05, 4.69) is 0 Å². The number of hydrogen-bond acceptors (Lipinski definition) is 11. The van der Waals surface area contributed by atoms with Crippen LogP contribution < -0.4 is 5.56 Å². The highest BCUT2D eigenvalue weighted by atomic mass is 35.5. The van der Waals surface area contributed by atoms with Crippen molar-refractivity contribution in [3.05, 3.63) is 97.3 Å². The van der Waals surface area contributed by atoms with E-state index in [-0.39, 0.29) is 24.3 Å². The molecular formula is C38H27Cl2N5O5S2. The van der Waals surface area contributed by atoms with Gasteiger partial charge in [0.25, 0.3) is 5.56 Å². The molecule has 0 saturated heterocycles. The molecule has 0 bridgehead atoms. The quantitative estimate of drug-likeness (QED) is 0.152. The van der Waals surface area contributed by atoms with Crippen LogP contribution in [0.2, 0.25) is 10.0 Å². The Morgan fingerprint density at radius 1 is 0.673 bits per heavy atom. The van der Waals surface area contributed by atoms with E-state index in [0.717, 1.165) is 5.56 Å². The largest absolute Gasteiger partial charge is 0.462 e. The Bertz CT molecular complexity index is 2880. The summed E-state index contributed by atoms with van der Waals surface area (Å²) in [4.78, 5) is 62.5. The number of aryl methyl sites for hydroxylation is 3. The van der Waals surface area contributed by atoms with Crippen LogP contribution in [0.4, 0.5) is 0 Å². The Kier molecular flexibility index (Phi) is 8.45. The number of halogens is 2. The molecule has 10 nitrogen and oxygen atoms in total. The van der Waals surface area contributed by atoms with E-state index in [1.165, 1.54) is 27.1 Å². The minimum atomic E-state index is -0.531. The Morgan fingerprint density at radius 3 is 1.58 bits per heavy atom. The van der Waals surface area contributed by atoms with Gasteiger partial charge < -0.3 is 9.47 Å². The first kappa shape index (κ1) is 34.1. The molecule has 6 heterocycles. The van der Waals surface area contributed by atoms with Crippen molar-refractivity contribution in [1.29, 1.82) is 0 Å². The first-order valence-corrected chi connectivity index (χ1v) is 18.7. The number of carbonyl (C=O) groups excluding carboxylic acids is 2. The third kappa shape index (κ3) is 5.23. The van der Waals surface area contributed by atoms with Crippen molar-refractivity contribution in [1.82, 2.24) is 24.3 Å². The van der Waals surface area contributed by atoms with E-state index in [9.17, 15) is 14.4 Å². The summed E-state index contributed by atoms with van der Waals surface area (Å²) in [5, 5.41) is 2.27. The van der Waals surface area contributed by atoms with E-state index in [1.807, 2.05) is 24.3 Å². The normalized spacial score (nSPS) is 11.8. The molecule has 2 aromatic carbocycles. The number of carbonyl (C=O) groups is 2. The lowest BCUT2D eigenvalue weighted by Crippen LogP contribution is -2.17. The van der Waals surface area contributed by atoms with Crippen molar-refractivity contribution in [2.45, 2.75) is 34.6 Å². The summed E-state index contributed by atoms with van der Waals surface area (Å²) in [6.45, 7) is 9.11. The van der Waals surface area contributed by atoms with Crippen LogP contribution in [0.25, 0.3) is 68.8 Å². The third-order valence-electron chi connectivity index (χ3n) is 8.84. The second kappa shape index (κ2) is 12.9. The highest BCUT2D eigenvalue weighted by molar-refractivity contribution is 7.26. The molecule has 52 heavy (non-hydrogen) atoms. The number of hydrogen-bond donors (Lipinski definition) is 0. The minimum absolute atomic E-state index is 0.171. The van der Waals surface area contributed by atoms with E-state index >= 15 is 0 Å². The van der Waals surface area contributed by atoms with E-state index in [0.29, 0.717) is 96.0 Å². The number of fused-ring (bicyclic) bond motifs is 8. The van der Waals surface area contributed by atoms with Crippen molar-refractivity contribution in [2.24, 2.45) is 0 Å². The number of rotatable bonds is 6. The number of pyridine rings is 2. The van der Waals surface area contributed by atoms with Gasteiger partial charge in [-0.1, -0.05) is 47.5 Å². The molecule has 0 unspecified atom stereocenters. The first-order valence-electron chi connectivity index (χ1n) is 16.3. The fourth-order valence-corrected chi connectivity index (χ4v) is 9.20. The highest BCUT2D eigenvalue weighted by Crippen LogP contribution is 2.45. The lowest BCUT2D eigenvalue weighted by atomic mass is 9.95. The molecule has 260 valence electrons. The van der Waals surface area contributed by atoms with Gasteiger partial charge in [0.1, 0.15) is 20.2 Å². The molecule has 0 aliphatic heterocycles. The van der Waals surface area contributed by atoms with E-state index in [4.69, 9.17) is 52.6 Å². The standard InChI is InChI=1S/C38H27Cl2N5O5S2/c1-6-49-37(47)23-16(3)41-34-27(25(23)19-8-12-21(39)13-9-19)29-31(51-34)33-44-30-28-26(20-10-14-22(40)15-11-20)24(38(48)50-7-2)17(4)42-35(28)52-32(30)36(46)45(33)18(5)43-29/h8-15H,6-7H2,1-5H3. The van der Waals surface area contributed by atoms with Crippen molar-refractivity contribution in [2.75, 3.05) is 13.2 Å². The van der Waals surface area contributed by atoms with Crippen LogP contribution in [0.15, 0.2) is 53.3 Å². The summed E-state index contributed by atoms with van der Waals surface area (Å²) in [5.41, 5.74) is 5.11. The molecule has 0 N–H and O–H groups in total. The van der Waals surface area contributed by atoms with Crippen LogP contribution in [0.1, 0.15) is 51.8 Å². The van der Waals surface area contributed by atoms with Crippen LogP contribution in [0, 0.1) is 20.8 Å². The molecule has 0 aliphatic rings. The summed E-state index contributed by atoms with van der Waals surface area (Å²) in [5.74, 6) is -0.641. The lowest BCUT2D eigenvalue weighted by Gasteiger charge is -2.14. The SMILES string of the molecule is CCOC(=O)c1c(C)nc2sc3c(=O)n4c(C)nc5c(sc6nc(C)c(C(=O)OCC)c(-c7ccc(Cl)cc7)c65)c4nc3c2c1-c1ccc(Cl)cc1. The molecule has 0 aliphatic carbocycles. The zero-order chi connectivity index (χ0) is 36.6. The topological polar surface area (TPSA) is 126 Å². The van der Waals surface area contributed by atoms with Crippen LogP contribution >= 0.6 is 45.9 Å². The van der Waals surface area contributed by atoms with Gasteiger partial charge in [-0.2, -0.15) is 0 Å². The molecule has 0 saturated carbocycles. The smallest absolute Gasteiger partial charge is 0.340 e. The van der Waals surface area contributed by atoms with Crippen LogP contribution in [0.5, 0.6) is 0 Å². The van der Waals surface area contributed by atoms with Gasteiger partial charge >= 0.3 is 11.9 Å². The lowest BCUT2D eigenvalue weighted by molar-refractivity contribution is 0.0516. The summed E-state index contributed by atoms with van der Waals surface area (Å²) >= 11 is 15.1. The summed E-state index contributed by atoms with van der Waals surface area (Å²) < 4.78 is 13.5. The van der Waals surface area contributed by atoms with Gasteiger partial charge in [-0.05, 0) is 70.0 Å². The number of aromatic nitrogens is 5. The summed E-state index contributed by atoms with van der Waals surface area (Å²) in [7, 11) is 0. The highest BCUT2D eigenvalue weighted by Gasteiger charge is 2.29. The predicted octanol–water partition coefficient (Wildman–Crippen LogP) is 9.53. The van der Waals surface area contributed by atoms with Gasteiger partial charge in [0.15, 0.2) is 5.65 Å². The number of ether oxygens (including phenoxy) is 2. The summed E-state index contributed by atoms with van der Waals surface area (Å²) in [6, 6.07) is 14.3. The second-order valence-corrected chi connectivity index (χ2v) is 14.9. The van der Waals surface area contributed by atoms with Gasteiger partial charge in [0.2, 0.25) is 0 Å². The molecular weight excluding hydrogens is 741 g/mol. The Balaban J connectivity index is 1.55. The zero-order valence-corrected chi connectivity index (χ0v) is 31.5. The fourth-order valence-electron chi connectivity index (χ4n) is 6.70. The predicted molar refractivity (Wildman–Crippen MR) is 208 cm³/mol. The molecule has 0 atom stereocenters. The monoisotopic (exact) mass is 767 g/mol. The third-order valence-corrected chi connectivity index (χ3v) is 11.5. The van der Waals surface area contributed by atoms with Crippen molar-refractivity contribution < 1.29 is 19.1 Å². The van der Waals surface area contributed by atoms with Gasteiger partial charge in [-0.15, -0.1) is 22.7 Å². The van der Waals surface area contributed by atoms with Gasteiger partial charge in [0, 0.05) is 31.9 Å². The van der Waals surface area contributed by atoms with Crippen LogP contribution in [-0.2, 0) is 9.47 Å². The molecule has 0 fully saturated rings. The minimum Gasteiger partial charge on any atom is -0.462 e. The Morgan fingerprint density at radius 2 is 1.12 bits per heavy atom. The maximum atomic E-state index is 14.5. The van der Waals surface area contributed by atoms with Gasteiger partial charge in [0.05, 0.1) is 51.5 Å². The second-order valence-electron chi connectivity index (χ2n) is 12.0. The van der Waals surface area contributed by atoms with Crippen LogP contribution in [0.3, 0.4) is 0 Å². The molecule has 0 amide bonds. The van der Waals surface area contributed by atoms with Gasteiger partial charge in [-0.3, -0.25) is 4.79 Å². The van der Waals surface area contributed by atoms with Crippen molar-refractivity contribution >= 4 is 104 Å². The molecule has 0 spiro atoms. The Hall–Kier alpha value is -5.01. The molecule has 8 aromatic rings. The maximum Gasteiger partial charge on any atom is 0.340 e. The number of benzene rings is 2. The fraction of sp³-hybridized carbons (Fsp3) is 0.184. The average molecular weight is 769 g/mol.